The van der Waals surface area contributed by atoms with Crippen LogP contribution in [0, 0.1) is 0 Å². The van der Waals surface area contributed by atoms with Crippen molar-refractivity contribution < 1.29 is 0 Å². The first-order valence-corrected chi connectivity index (χ1v) is 6.26. The van der Waals surface area contributed by atoms with E-state index in [-0.39, 0.29) is 5.54 Å². The van der Waals surface area contributed by atoms with E-state index in [1.165, 1.54) is 0 Å². The van der Waals surface area contributed by atoms with E-state index in [2.05, 4.69) is 34.3 Å². The van der Waals surface area contributed by atoms with Crippen LogP contribution in [0.25, 0.3) is 0 Å². The number of hydrogen-bond donors (Lipinski definition) is 2. The molecule has 0 saturated heterocycles. The van der Waals surface area contributed by atoms with E-state index in [1.54, 1.807) is 17.5 Å². The van der Waals surface area contributed by atoms with Gasteiger partial charge in [0.25, 0.3) is 0 Å². The van der Waals surface area contributed by atoms with Gasteiger partial charge in [-0.3, -0.25) is 10.4 Å². The Hall–Kier alpha value is -1.20. The molecule has 0 aliphatic carbocycles. The van der Waals surface area contributed by atoms with Crippen LogP contribution >= 0.6 is 11.3 Å². The van der Waals surface area contributed by atoms with Crippen molar-refractivity contribution in [3.63, 3.8) is 0 Å². The lowest BCUT2D eigenvalue weighted by Crippen LogP contribution is -2.38. The standard InChI is InChI=1S/C11H16N4S/c1-3-11(2,10-12-6-7-16-10)13-8-9-4-5-14-15-9/h4-7,13H,3,8H2,1-2H3,(H,14,15). The van der Waals surface area contributed by atoms with Crippen molar-refractivity contribution in [1.82, 2.24) is 20.5 Å². The summed E-state index contributed by atoms with van der Waals surface area (Å²) in [5.74, 6) is 0. The molecular weight excluding hydrogens is 220 g/mol. The van der Waals surface area contributed by atoms with Gasteiger partial charge in [-0.2, -0.15) is 5.10 Å². The number of rotatable bonds is 5. The fraction of sp³-hybridized carbons (Fsp3) is 0.455. The van der Waals surface area contributed by atoms with Crippen LogP contribution < -0.4 is 5.32 Å². The molecule has 86 valence electrons. The molecule has 0 spiro atoms. The second kappa shape index (κ2) is 4.76. The summed E-state index contributed by atoms with van der Waals surface area (Å²) in [5.41, 5.74) is 1.04. The summed E-state index contributed by atoms with van der Waals surface area (Å²) in [6, 6.07) is 1.98. The molecule has 0 saturated carbocycles. The number of nitrogens with zero attached hydrogens (tertiary/aromatic N) is 2. The quantitative estimate of drug-likeness (QED) is 0.837. The molecule has 4 nitrogen and oxygen atoms in total. The zero-order valence-corrected chi connectivity index (χ0v) is 10.3. The Labute approximate surface area is 99.1 Å². The molecule has 0 aliphatic rings. The maximum absolute atomic E-state index is 4.39. The van der Waals surface area contributed by atoms with Crippen LogP contribution in [0.1, 0.15) is 31.0 Å². The van der Waals surface area contributed by atoms with Crippen LogP contribution in [-0.4, -0.2) is 15.2 Å². The van der Waals surface area contributed by atoms with E-state index < -0.39 is 0 Å². The van der Waals surface area contributed by atoms with Crippen molar-refractivity contribution >= 4 is 11.3 Å². The smallest absolute Gasteiger partial charge is 0.112 e. The minimum atomic E-state index is -0.0563. The lowest BCUT2D eigenvalue weighted by atomic mass is 10.00. The van der Waals surface area contributed by atoms with Crippen LogP contribution in [0.4, 0.5) is 0 Å². The maximum atomic E-state index is 4.39. The van der Waals surface area contributed by atoms with Gasteiger partial charge in [-0.05, 0) is 19.4 Å². The number of nitrogens with one attached hydrogen (secondary N) is 2. The van der Waals surface area contributed by atoms with Crippen LogP contribution in [0.2, 0.25) is 0 Å². The summed E-state index contributed by atoms with van der Waals surface area (Å²) in [6.07, 6.45) is 4.63. The summed E-state index contributed by atoms with van der Waals surface area (Å²) < 4.78 is 0. The molecule has 2 aromatic heterocycles. The molecular formula is C11H16N4S. The van der Waals surface area contributed by atoms with Crippen molar-refractivity contribution in [3.8, 4) is 0 Å². The highest BCUT2D eigenvalue weighted by Crippen LogP contribution is 2.26. The van der Waals surface area contributed by atoms with E-state index in [1.807, 2.05) is 17.6 Å². The van der Waals surface area contributed by atoms with Crippen molar-refractivity contribution in [2.75, 3.05) is 0 Å². The first kappa shape index (κ1) is 11.3. The molecule has 2 N–H and O–H groups in total. The molecule has 0 aromatic carbocycles. The lowest BCUT2D eigenvalue weighted by molar-refractivity contribution is 0.347. The molecule has 0 bridgehead atoms. The van der Waals surface area contributed by atoms with Gasteiger partial charge in [-0.1, -0.05) is 6.92 Å². The Morgan fingerprint density at radius 3 is 2.94 bits per heavy atom. The average Bonchev–Trinajstić information content (AvgIpc) is 2.98. The monoisotopic (exact) mass is 236 g/mol. The number of aromatic nitrogens is 3. The largest absolute Gasteiger partial charge is 0.300 e. The Morgan fingerprint density at radius 1 is 1.50 bits per heavy atom. The fourth-order valence-electron chi connectivity index (χ4n) is 1.52. The first-order valence-electron chi connectivity index (χ1n) is 5.38. The van der Waals surface area contributed by atoms with Crippen LogP contribution in [-0.2, 0) is 12.1 Å². The van der Waals surface area contributed by atoms with Crippen molar-refractivity contribution in [2.24, 2.45) is 0 Å². The van der Waals surface area contributed by atoms with Gasteiger partial charge >= 0.3 is 0 Å². The maximum Gasteiger partial charge on any atom is 0.112 e. The average molecular weight is 236 g/mol. The van der Waals surface area contributed by atoms with Gasteiger partial charge in [0, 0.05) is 30.0 Å². The van der Waals surface area contributed by atoms with E-state index in [9.17, 15) is 0 Å². The van der Waals surface area contributed by atoms with Crippen LogP contribution in [0.3, 0.4) is 0 Å². The third-order valence-electron chi connectivity index (χ3n) is 2.84. The number of H-pyrrole nitrogens is 1. The van der Waals surface area contributed by atoms with Crippen LogP contribution in [0.5, 0.6) is 0 Å². The zero-order valence-electron chi connectivity index (χ0n) is 9.53. The Bertz CT molecular complexity index is 409. The molecule has 2 aromatic rings. The molecule has 0 radical (unpaired) electrons. The van der Waals surface area contributed by atoms with E-state index in [0.29, 0.717) is 0 Å². The van der Waals surface area contributed by atoms with Gasteiger partial charge in [-0.25, -0.2) is 4.98 Å². The SMILES string of the molecule is CCC(C)(NCc1ccn[nH]1)c1nccs1. The predicted molar refractivity (Wildman–Crippen MR) is 65.2 cm³/mol. The minimum Gasteiger partial charge on any atom is -0.300 e. The summed E-state index contributed by atoms with van der Waals surface area (Å²) >= 11 is 1.69. The summed E-state index contributed by atoms with van der Waals surface area (Å²) in [4.78, 5) is 4.39. The molecule has 1 unspecified atom stereocenters. The Kier molecular flexibility index (Phi) is 3.36. The lowest BCUT2D eigenvalue weighted by Gasteiger charge is -2.27. The Balaban J connectivity index is 2.05. The number of thiazole rings is 1. The van der Waals surface area contributed by atoms with Gasteiger partial charge in [0.1, 0.15) is 5.01 Å². The topological polar surface area (TPSA) is 53.6 Å². The van der Waals surface area contributed by atoms with Gasteiger partial charge in [0.15, 0.2) is 0 Å². The summed E-state index contributed by atoms with van der Waals surface area (Å²) in [7, 11) is 0. The molecule has 0 aliphatic heterocycles. The molecule has 2 rings (SSSR count). The highest BCUT2D eigenvalue weighted by Gasteiger charge is 2.26. The Morgan fingerprint density at radius 2 is 2.38 bits per heavy atom. The first-order chi connectivity index (χ1) is 7.74. The summed E-state index contributed by atoms with van der Waals surface area (Å²) in [5, 5.41) is 13.6. The normalized spacial score (nSPS) is 14.9. The number of aromatic amines is 1. The molecule has 2 heterocycles. The third kappa shape index (κ3) is 2.31. The second-order valence-corrected chi connectivity index (χ2v) is 4.85. The number of hydrogen-bond acceptors (Lipinski definition) is 4. The predicted octanol–water partition coefficient (Wildman–Crippen LogP) is 2.28. The van der Waals surface area contributed by atoms with Crippen molar-refractivity contribution in [2.45, 2.75) is 32.4 Å². The van der Waals surface area contributed by atoms with E-state index in [0.717, 1.165) is 23.7 Å². The molecule has 16 heavy (non-hydrogen) atoms. The van der Waals surface area contributed by atoms with Gasteiger partial charge in [0.05, 0.1) is 5.54 Å². The summed E-state index contributed by atoms with van der Waals surface area (Å²) in [6.45, 7) is 5.13. The van der Waals surface area contributed by atoms with E-state index in [4.69, 9.17) is 0 Å². The molecule has 5 heteroatoms. The fourth-order valence-corrected chi connectivity index (χ4v) is 2.37. The van der Waals surface area contributed by atoms with Crippen molar-refractivity contribution in [1.29, 1.82) is 0 Å². The molecule has 1 atom stereocenters. The molecule has 0 amide bonds. The highest BCUT2D eigenvalue weighted by molar-refractivity contribution is 7.09. The van der Waals surface area contributed by atoms with Gasteiger partial charge in [-0.15, -0.1) is 11.3 Å². The minimum absolute atomic E-state index is 0.0563. The zero-order chi connectivity index (χ0) is 11.4. The van der Waals surface area contributed by atoms with E-state index >= 15 is 0 Å². The van der Waals surface area contributed by atoms with Gasteiger partial charge in [0.2, 0.25) is 0 Å². The second-order valence-electron chi connectivity index (χ2n) is 3.96. The van der Waals surface area contributed by atoms with Crippen molar-refractivity contribution in [3.05, 3.63) is 34.5 Å². The van der Waals surface area contributed by atoms with Gasteiger partial charge < -0.3 is 0 Å². The third-order valence-corrected chi connectivity index (χ3v) is 3.88. The molecule has 0 fully saturated rings. The van der Waals surface area contributed by atoms with Crippen LogP contribution in [0.15, 0.2) is 23.8 Å². The highest BCUT2D eigenvalue weighted by atomic mass is 32.1.